The lowest BCUT2D eigenvalue weighted by atomic mass is 10.1. The summed E-state index contributed by atoms with van der Waals surface area (Å²) in [5.41, 5.74) is 4.81. The highest BCUT2D eigenvalue weighted by molar-refractivity contribution is 6.00. The quantitative estimate of drug-likeness (QED) is 0.445. The van der Waals surface area contributed by atoms with Gasteiger partial charge in [-0.15, -0.1) is 0 Å². The second kappa shape index (κ2) is 9.94. The largest absolute Gasteiger partial charge is 0.497 e. The van der Waals surface area contributed by atoms with Gasteiger partial charge in [0.25, 0.3) is 5.91 Å². The third-order valence-electron chi connectivity index (χ3n) is 5.25. The normalized spacial score (nSPS) is 10.7. The van der Waals surface area contributed by atoms with Gasteiger partial charge in [-0.25, -0.2) is 4.68 Å². The smallest absolute Gasteiger partial charge is 0.255 e. The Labute approximate surface area is 187 Å². The first-order chi connectivity index (χ1) is 15.7. The summed E-state index contributed by atoms with van der Waals surface area (Å²) in [6, 6.07) is 24.9. The number of nitrogens with zero attached hydrogens (tertiary/aromatic N) is 2. The van der Waals surface area contributed by atoms with Crippen LogP contribution in [0.5, 0.6) is 5.75 Å². The Morgan fingerprint density at radius 3 is 2.31 bits per heavy atom. The summed E-state index contributed by atoms with van der Waals surface area (Å²) >= 11 is 0. The highest BCUT2D eigenvalue weighted by Crippen LogP contribution is 2.26. The summed E-state index contributed by atoms with van der Waals surface area (Å²) in [6.45, 7) is 0.520. The predicted molar refractivity (Wildman–Crippen MR) is 124 cm³/mol. The standard InChI is InChI=1S/C26H25N3O3/c1-32-23-13-11-21(12-14-23)25-24(17-29(28-25)22-5-3-2-4-6-22)26(31)27-16-15-19-7-9-20(18-30)10-8-19/h2-14,17,30H,15-16,18H2,1H3,(H,27,31). The number of hydrogen-bond donors (Lipinski definition) is 2. The number of nitrogens with one attached hydrogen (secondary N) is 1. The van der Waals surface area contributed by atoms with Gasteiger partial charge in [-0.2, -0.15) is 5.10 Å². The van der Waals surface area contributed by atoms with Gasteiger partial charge >= 0.3 is 0 Å². The van der Waals surface area contributed by atoms with E-state index in [2.05, 4.69) is 5.32 Å². The van der Waals surface area contributed by atoms with Crippen LogP contribution in [0, 0.1) is 0 Å². The molecule has 0 aliphatic heterocycles. The van der Waals surface area contributed by atoms with E-state index in [1.165, 1.54) is 0 Å². The molecule has 1 heterocycles. The number of rotatable bonds is 8. The van der Waals surface area contributed by atoms with E-state index in [1.54, 1.807) is 18.0 Å². The fourth-order valence-electron chi connectivity index (χ4n) is 3.44. The number of methoxy groups -OCH3 is 1. The molecule has 162 valence electrons. The van der Waals surface area contributed by atoms with Crippen LogP contribution in [0.25, 0.3) is 16.9 Å². The van der Waals surface area contributed by atoms with E-state index in [1.807, 2.05) is 78.9 Å². The number of ether oxygens (including phenoxy) is 1. The molecule has 1 aromatic heterocycles. The van der Waals surface area contributed by atoms with Crippen molar-refractivity contribution in [3.63, 3.8) is 0 Å². The third-order valence-corrected chi connectivity index (χ3v) is 5.25. The van der Waals surface area contributed by atoms with Gasteiger partial charge in [0.2, 0.25) is 0 Å². The minimum Gasteiger partial charge on any atom is -0.497 e. The fraction of sp³-hybridized carbons (Fsp3) is 0.154. The average molecular weight is 428 g/mol. The van der Waals surface area contributed by atoms with E-state index in [4.69, 9.17) is 14.9 Å². The van der Waals surface area contributed by atoms with Crippen LogP contribution in [0.2, 0.25) is 0 Å². The molecule has 0 fully saturated rings. The predicted octanol–water partition coefficient (Wildman–Crippen LogP) is 4.01. The third kappa shape index (κ3) is 4.87. The Bertz CT molecular complexity index is 1170. The molecule has 4 rings (SSSR count). The summed E-state index contributed by atoms with van der Waals surface area (Å²) in [6.07, 6.45) is 2.46. The Kier molecular flexibility index (Phi) is 6.63. The highest BCUT2D eigenvalue weighted by atomic mass is 16.5. The van der Waals surface area contributed by atoms with Crippen molar-refractivity contribution in [3.05, 3.63) is 102 Å². The topological polar surface area (TPSA) is 76.4 Å². The molecule has 3 aromatic carbocycles. The average Bonchev–Trinajstić information content (AvgIpc) is 3.31. The van der Waals surface area contributed by atoms with Gasteiger partial charge in [-0.3, -0.25) is 4.79 Å². The number of carbonyl (C=O) groups is 1. The first-order valence-corrected chi connectivity index (χ1v) is 10.4. The van der Waals surface area contributed by atoms with Crippen molar-refractivity contribution in [2.45, 2.75) is 13.0 Å². The highest BCUT2D eigenvalue weighted by Gasteiger charge is 2.18. The van der Waals surface area contributed by atoms with Crippen LogP contribution in [0.15, 0.2) is 85.1 Å². The molecule has 4 aromatic rings. The summed E-state index contributed by atoms with van der Waals surface area (Å²) in [5, 5.41) is 16.9. The molecule has 0 aliphatic carbocycles. The molecule has 0 saturated carbocycles. The first-order valence-electron chi connectivity index (χ1n) is 10.4. The van der Waals surface area contributed by atoms with E-state index in [0.717, 1.165) is 28.1 Å². The van der Waals surface area contributed by atoms with Crippen LogP contribution >= 0.6 is 0 Å². The molecule has 6 nitrogen and oxygen atoms in total. The molecule has 32 heavy (non-hydrogen) atoms. The van der Waals surface area contributed by atoms with Crippen LogP contribution in [-0.4, -0.2) is 34.4 Å². The van der Waals surface area contributed by atoms with Crippen molar-refractivity contribution < 1.29 is 14.6 Å². The van der Waals surface area contributed by atoms with Crippen molar-refractivity contribution in [1.82, 2.24) is 15.1 Å². The van der Waals surface area contributed by atoms with Crippen LogP contribution < -0.4 is 10.1 Å². The SMILES string of the molecule is COc1ccc(-c2nn(-c3ccccc3)cc2C(=O)NCCc2ccc(CO)cc2)cc1. The molecule has 0 spiro atoms. The summed E-state index contributed by atoms with van der Waals surface area (Å²) in [7, 11) is 1.62. The summed E-state index contributed by atoms with van der Waals surface area (Å²) < 4.78 is 6.97. The second-order valence-corrected chi connectivity index (χ2v) is 7.38. The lowest BCUT2D eigenvalue weighted by Crippen LogP contribution is -2.25. The van der Waals surface area contributed by atoms with Gasteiger partial charge in [-0.1, -0.05) is 42.5 Å². The number of aliphatic hydroxyl groups is 1. The summed E-state index contributed by atoms with van der Waals surface area (Å²) in [5.74, 6) is 0.569. The number of benzene rings is 3. The minimum absolute atomic E-state index is 0.0244. The zero-order chi connectivity index (χ0) is 22.3. The van der Waals surface area contributed by atoms with Crippen molar-refractivity contribution in [3.8, 4) is 22.7 Å². The van der Waals surface area contributed by atoms with Gasteiger partial charge in [0.15, 0.2) is 0 Å². The molecule has 0 bridgehead atoms. The van der Waals surface area contributed by atoms with Crippen molar-refractivity contribution in [2.75, 3.05) is 13.7 Å². The van der Waals surface area contributed by atoms with Gasteiger partial charge in [0.05, 0.1) is 25.0 Å². The number of amides is 1. The van der Waals surface area contributed by atoms with Gasteiger partial charge in [0, 0.05) is 18.3 Å². The Morgan fingerprint density at radius 2 is 1.66 bits per heavy atom. The number of hydrogen-bond acceptors (Lipinski definition) is 4. The zero-order valence-electron chi connectivity index (χ0n) is 17.9. The van der Waals surface area contributed by atoms with Crippen molar-refractivity contribution in [2.24, 2.45) is 0 Å². The van der Waals surface area contributed by atoms with E-state index in [0.29, 0.717) is 24.2 Å². The maximum Gasteiger partial charge on any atom is 0.255 e. The minimum atomic E-state index is -0.176. The van der Waals surface area contributed by atoms with Crippen molar-refractivity contribution >= 4 is 5.91 Å². The molecule has 0 unspecified atom stereocenters. The molecule has 0 atom stereocenters. The van der Waals surface area contributed by atoms with Crippen LogP contribution in [0.1, 0.15) is 21.5 Å². The van der Waals surface area contributed by atoms with Gasteiger partial charge < -0.3 is 15.2 Å². The van der Waals surface area contributed by atoms with Crippen molar-refractivity contribution in [1.29, 1.82) is 0 Å². The maximum absolute atomic E-state index is 13.1. The van der Waals surface area contributed by atoms with Gasteiger partial charge in [-0.05, 0) is 53.9 Å². The molecule has 6 heteroatoms. The number of aliphatic hydroxyl groups excluding tert-OH is 1. The molecular weight excluding hydrogens is 402 g/mol. The maximum atomic E-state index is 13.1. The van der Waals surface area contributed by atoms with E-state index >= 15 is 0 Å². The number of para-hydroxylation sites is 1. The Morgan fingerprint density at radius 1 is 0.969 bits per heavy atom. The molecule has 2 N–H and O–H groups in total. The Hall–Kier alpha value is -3.90. The molecule has 0 saturated heterocycles. The Balaban J connectivity index is 1.56. The van der Waals surface area contributed by atoms with E-state index < -0.39 is 0 Å². The lowest BCUT2D eigenvalue weighted by molar-refractivity contribution is 0.0954. The van der Waals surface area contributed by atoms with E-state index in [-0.39, 0.29) is 12.5 Å². The zero-order valence-corrected chi connectivity index (χ0v) is 17.9. The monoisotopic (exact) mass is 427 g/mol. The van der Waals surface area contributed by atoms with E-state index in [9.17, 15) is 4.79 Å². The molecule has 0 aliphatic rings. The summed E-state index contributed by atoms with van der Waals surface area (Å²) in [4.78, 5) is 13.1. The molecule has 1 amide bonds. The van der Waals surface area contributed by atoms with Crippen LogP contribution in [0.3, 0.4) is 0 Å². The number of carbonyl (C=O) groups excluding carboxylic acids is 1. The molecular formula is C26H25N3O3. The second-order valence-electron chi connectivity index (χ2n) is 7.38. The fourth-order valence-corrected chi connectivity index (χ4v) is 3.44. The lowest BCUT2D eigenvalue weighted by Gasteiger charge is -2.07. The number of aromatic nitrogens is 2. The molecule has 0 radical (unpaired) electrons. The van der Waals surface area contributed by atoms with Gasteiger partial charge in [0.1, 0.15) is 11.4 Å². The van der Waals surface area contributed by atoms with Crippen LogP contribution in [-0.2, 0) is 13.0 Å². The first kappa shape index (κ1) is 21.3. The van der Waals surface area contributed by atoms with Crippen LogP contribution in [0.4, 0.5) is 0 Å².